The molecule has 0 fully saturated rings. The number of allylic oxidation sites excluding steroid dienone is 2. The minimum absolute atomic E-state index is 0.00685. The number of esters is 1. The van der Waals surface area contributed by atoms with Gasteiger partial charge in [-0.3, -0.25) is 9.59 Å². The molecule has 1 aliphatic carbocycles. The highest BCUT2D eigenvalue weighted by molar-refractivity contribution is 6.74. The summed E-state index contributed by atoms with van der Waals surface area (Å²) in [6.07, 6.45) is 5.30. The van der Waals surface area contributed by atoms with E-state index in [0.717, 1.165) is 18.4 Å². The van der Waals surface area contributed by atoms with Gasteiger partial charge in [-0.25, -0.2) is 0 Å². The molecule has 1 aromatic carbocycles. The van der Waals surface area contributed by atoms with Gasteiger partial charge in [-0.05, 0) is 49.5 Å². The Morgan fingerprint density at radius 3 is 2.50 bits per heavy atom. The maximum atomic E-state index is 12.4. The lowest BCUT2D eigenvalue weighted by atomic mass is 9.69. The van der Waals surface area contributed by atoms with Crippen molar-refractivity contribution in [2.75, 3.05) is 13.2 Å². The first-order valence-electron chi connectivity index (χ1n) is 10.1. The Hall–Kier alpha value is -1.72. The van der Waals surface area contributed by atoms with Crippen LogP contribution in [0.2, 0.25) is 18.1 Å². The Kier molecular flexibility index (Phi) is 7.05. The van der Waals surface area contributed by atoms with E-state index in [2.05, 4.69) is 33.9 Å². The van der Waals surface area contributed by atoms with Crippen LogP contribution in [0.15, 0.2) is 36.4 Å². The summed E-state index contributed by atoms with van der Waals surface area (Å²) in [5.74, 6) is -0.241. The van der Waals surface area contributed by atoms with Gasteiger partial charge in [0, 0.05) is 17.6 Å². The largest absolute Gasteiger partial charge is 0.466 e. The van der Waals surface area contributed by atoms with Gasteiger partial charge < -0.3 is 9.16 Å². The summed E-state index contributed by atoms with van der Waals surface area (Å²) in [4.78, 5) is 24.7. The SMILES string of the molecule is CCOC(=O)C[C@]1(CCCO[Si](C)(C)C(C)(C)C)C=CC(=O)c2ccccc21. The van der Waals surface area contributed by atoms with Crippen LogP contribution in [0.5, 0.6) is 0 Å². The maximum absolute atomic E-state index is 12.4. The number of carbonyl (C=O) groups excluding carboxylic acids is 2. The predicted octanol–water partition coefficient (Wildman–Crippen LogP) is 5.43. The third-order valence-corrected chi connectivity index (χ3v) is 10.6. The van der Waals surface area contributed by atoms with Gasteiger partial charge in [0.1, 0.15) is 0 Å². The average Bonchev–Trinajstić information content (AvgIpc) is 2.61. The first-order valence-corrected chi connectivity index (χ1v) is 13.1. The van der Waals surface area contributed by atoms with E-state index < -0.39 is 13.7 Å². The van der Waals surface area contributed by atoms with Gasteiger partial charge in [0.15, 0.2) is 14.1 Å². The summed E-state index contributed by atoms with van der Waals surface area (Å²) in [6.45, 7) is 14.0. The quantitative estimate of drug-likeness (QED) is 0.330. The van der Waals surface area contributed by atoms with Crippen molar-refractivity contribution in [2.45, 2.75) is 70.5 Å². The minimum Gasteiger partial charge on any atom is -0.466 e. The van der Waals surface area contributed by atoms with Crippen molar-refractivity contribution in [2.24, 2.45) is 0 Å². The topological polar surface area (TPSA) is 52.6 Å². The molecule has 5 heteroatoms. The van der Waals surface area contributed by atoms with E-state index in [1.165, 1.54) is 0 Å². The Labute approximate surface area is 170 Å². The van der Waals surface area contributed by atoms with E-state index >= 15 is 0 Å². The molecule has 1 aliphatic rings. The zero-order valence-corrected chi connectivity index (χ0v) is 19.1. The standard InChI is InChI=1S/C23H34O4Si/c1-7-26-21(25)17-23(14-10-16-27-28(5,6)22(2,3)4)15-13-20(24)18-11-8-9-12-19(18)23/h8-9,11-13,15H,7,10,14,16-17H2,1-6H3/t23-/m0/s1. The van der Waals surface area contributed by atoms with Crippen LogP contribution in [0.25, 0.3) is 0 Å². The molecule has 28 heavy (non-hydrogen) atoms. The van der Waals surface area contributed by atoms with E-state index in [0.29, 0.717) is 18.8 Å². The summed E-state index contributed by atoms with van der Waals surface area (Å²) < 4.78 is 11.6. The molecule has 1 atom stereocenters. The molecule has 0 unspecified atom stereocenters. The Balaban J connectivity index is 2.21. The number of carbonyl (C=O) groups is 2. The van der Waals surface area contributed by atoms with Crippen molar-refractivity contribution in [3.8, 4) is 0 Å². The second-order valence-electron chi connectivity index (χ2n) is 9.09. The molecular formula is C23H34O4Si. The molecule has 0 saturated carbocycles. The van der Waals surface area contributed by atoms with Crippen molar-refractivity contribution in [1.82, 2.24) is 0 Å². The highest BCUT2D eigenvalue weighted by Gasteiger charge is 2.39. The molecule has 0 aliphatic heterocycles. The smallest absolute Gasteiger partial charge is 0.306 e. The molecule has 0 amide bonds. The Bertz CT molecular complexity index is 745. The summed E-state index contributed by atoms with van der Waals surface area (Å²) in [7, 11) is -1.81. The molecule has 0 aromatic heterocycles. The van der Waals surface area contributed by atoms with Crippen LogP contribution < -0.4 is 0 Å². The predicted molar refractivity (Wildman–Crippen MR) is 115 cm³/mol. The van der Waals surface area contributed by atoms with Gasteiger partial charge in [-0.1, -0.05) is 51.1 Å². The van der Waals surface area contributed by atoms with Crippen LogP contribution in [0.1, 0.15) is 62.9 Å². The molecule has 0 bridgehead atoms. The summed E-state index contributed by atoms with van der Waals surface area (Å²) in [5.41, 5.74) is 1.08. The third kappa shape index (κ3) is 5.00. The van der Waals surface area contributed by atoms with E-state index in [4.69, 9.17) is 9.16 Å². The number of ketones is 1. The van der Waals surface area contributed by atoms with Crippen LogP contribution in [0, 0.1) is 0 Å². The average molecular weight is 403 g/mol. The van der Waals surface area contributed by atoms with Crippen LogP contribution in [0.4, 0.5) is 0 Å². The molecule has 0 saturated heterocycles. The van der Waals surface area contributed by atoms with Crippen LogP contribution in [-0.2, 0) is 19.4 Å². The third-order valence-electron chi connectivity index (χ3n) is 6.08. The lowest BCUT2D eigenvalue weighted by Crippen LogP contribution is -2.41. The van der Waals surface area contributed by atoms with Crippen molar-refractivity contribution in [3.05, 3.63) is 47.5 Å². The normalized spacial score (nSPS) is 19.4. The fraction of sp³-hybridized carbons (Fsp3) is 0.565. The molecule has 154 valence electrons. The lowest BCUT2D eigenvalue weighted by molar-refractivity contribution is -0.144. The van der Waals surface area contributed by atoms with Gasteiger partial charge in [-0.15, -0.1) is 0 Å². The highest BCUT2D eigenvalue weighted by Crippen LogP contribution is 2.41. The summed E-state index contributed by atoms with van der Waals surface area (Å²) >= 11 is 0. The molecule has 1 aromatic rings. The number of hydrogen-bond donors (Lipinski definition) is 0. The van der Waals surface area contributed by atoms with Crippen molar-refractivity contribution in [3.63, 3.8) is 0 Å². The van der Waals surface area contributed by atoms with E-state index in [1.807, 2.05) is 37.3 Å². The zero-order chi connectivity index (χ0) is 21.0. The zero-order valence-electron chi connectivity index (χ0n) is 18.1. The monoisotopic (exact) mass is 402 g/mol. The van der Waals surface area contributed by atoms with Crippen molar-refractivity contribution in [1.29, 1.82) is 0 Å². The first-order chi connectivity index (χ1) is 13.0. The number of hydrogen-bond acceptors (Lipinski definition) is 4. The van der Waals surface area contributed by atoms with Crippen LogP contribution >= 0.6 is 0 Å². The van der Waals surface area contributed by atoms with Crippen molar-refractivity contribution < 1.29 is 18.8 Å². The minimum atomic E-state index is -1.81. The van der Waals surface area contributed by atoms with E-state index in [1.54, 1.807) is 6.08 Å². The summed E-state index contributed by atoms with van der Waals surface area (Å²) in [6, 6.07) is 7.60. The molecule has 0 heterocycles. The molecule has 4 nitrogen and oxygen atoms in total. The fourth-order valence-corrected chi connectivity index (χ4v) is 4.50. The molecule has 2 rings (SSSR count). The highest BCUT2D eigenvalue weighted by atomic mass is 28.4. The number of benzene rings is 1. The van der Waals surface area contributed by atoms with E-state index in [-0.39, 0.29) is 23.2 Å². The molecule has 0 radical (unpaired) electrons. The van der Waals surface area contributed by atoms with Gasteiger partial charge >= 0.3 is 5.97 Å². The molecular weight excluding hydrogens is 368 g/mol. The van der Waals surface area contributed by atoms with Crippen molar-refractivity contribution >= 4 is 20.1 Å². The number of ether oxygens (including phenoxy) is 1. The first kappa shape index (κ1) is 22.6. The Morgan fingerprint density at radius 2 is 1.86 bits per heavy atom. The van der Waals surface area contributed by atoms with Gasteiger partial charge in [-0.2, -0.15) is 0 Å². The fourth-order valence-electron chi connectivity index (χ4n) is 3.41. The molecule has 0 spiro atoms. The summed E-state index contributed by atoms with van der Waals surface area (Å²) in [5, 5.41) is 0.166. The van der Waals surface area contributed by atoms with E-state index in [9.17, 15) is 9.59 Å². The maximum Gasteiger partial charge on any atom is 0.306 e. The lowest BCUT2D eigenvalue weighted by Gasteiger charge is -2.37. The van der Waals surface area contributed by atoms with Gasteiger partial charge in [0.05, 0.1) is 13.0 Å². The second-order valence-corrected chi connectivity index (χ2v) is 13.9. The van der Waals surface area contributed by atoms with Gasteiger partial charge in [0.2, 0.25) is 0 Å². The number of rotatable bonds is 8. The van der Waals surface area contributed by atoms with Crippen LogP contribution in [-0.4, -0.2) is 33.3 Å². The van der Waals surface area contributed by atoms with Crippen LogP contribution in [0.3, 0.4) is 0 Å². The second kappa shape index (κ2) is 8.74. The van der Waals surface area contributed by atoms with Gasteiger partial charge in [0.25, 0.3) is 0 Å². The number of fused-ring (bicyclic) bond motifs is 1. The molecule has 0 N–H and O–H groups in total. The Morgan fingerprint density at radius 1 is 1.18 bits per heavy atom.